The summed E-state index contributed by atoms with van der Waals surface area (Å²) in [6.45, 7) is 13.8. The minimum atomic E-state index is 0.270. The molecule has 0 aliphatic carbocycles. The lowest BCUT2D eigenvalue weighted by Crippen LogP contribution is -2.68. The monoisotopic (exact) mass is 268 g/mol. The molecule has 3 nitrogen and oxygen atoms in total. The molecule has 0 bridgehead atoms. The van der Waals surface area contributed by atoms with Crippen LogP contribution in [0.4, 0.5) is 0 Å². The fourth-order valence-electron chi connectivity index (χ4n) is 3.43. The average molecular weight is 268 g/mol. The SMILES string of the molecule is CCC1(CC)CN(CCC2CCCO2)C(C)(C)CN1. The summed E-state index contributed by atoms with van der Waals surface area (Å²) in [4.78, 5) is 2.69. The number of nitrogens with zero attached hydrogens (tertiary/aromatic N) is 1. The second-order valence-corrected chi connectivity index (χ2v) is 7.00. The largest absolute Gasteiger partial charge is 0.378 e. The predicted octanol–water partition coefficient (Wildman–Crippen LogP) is 2.80. The van der Waals surface area contributed by atoms with E-state index in [2.05, 4.69) is 37.9 Å². The molecule has 2 aliphatic heterocycles. The van der Waals surface area contributed by atoms with E-state index in [1.807, 2.05) is 0 Å². The smallest absolute Gasteiger partial charge is 0.0588 e. The zero-order chi connectivity index (χ0) is 13.9. The molecular weight excluding hydrogens is 236 g/mol. The number of rotatable bonds is 5. The quantitative estimate of drug-likeness (QED) is 0.830. The van der Waals surface area contributed by atoms with Gasteiger partial charge in [-0.15, -0.1) is 0 Å². The Labute approximate surface area is 119 Å². The second kappa shape index (κ2) is 6.11. The summed E-state index contributed by atoms with van der Waals surface area (Å²) in [5, 5.41) is 3.81. The number of hydrogen-bond acceptors (Lipinski definition) is 3. The molecule has 112 valence electrons. The van der Waals surface area contributed by atoms with Crippen molar-refractivity contribution in [2.45, 2.75) is 77.0 Å². The van der Waals surface area contributed by atoms with Gasteiger partial charge in [0.25, 0.3) is 0 Å². The number of piperazine rings is 1. The van der Waals surface area contributed by atoms with Crippen molar-refractivity contribution in [2.75, 3.05) is 26.2 Å². The summed E-state index contributed by atoms with van der Waals surface area (Å²) in [6.07, 6.45) is 6.67. The maximum Gasteiger partial charge on any atom is 0.0588 e. The van der Waals surface area contributed by atoms with Crippen LogP contribution in [0, 0.1) is 0 Å². The van der Waals surface area contributed by atoms with Crippen molar-refractivity contribution in [2.24, 2.45) is 0 Å². The number of nitrogens with one attached hydrogen (secondary N) is 1. The third kappa shape index (κ3) is 3.50. The van der Waals surface area contributed by atoms with Crippen molar-refractivity contribution in [3.8, 4) is 0 Å². The topological polar surface area (TPSA) is 24.5 Å². The number of ether oxygens (including phenoxy) is 1. The predicted molar refractivity (Wildman–Crippen MR) is 80.6 cm³/mol. The molecule has 0 aromatic rings. The van der Waals surface area contributed by atoms with E-state index in [0.29, 0.717) is 11.6 Å². The lowest BCUT2D eigenvalue weighted by Gasteiger charge is -2.52. The van der Waals surface area contributed by atoms with E-state index >= 15 is 0 Å². The van der Waals surface area contributed by atoms with E-state index in [1.54, 1.807) is 0 Å². The van der Waals surface area contributed by atoms with Crippen LogP contribution in [0.2, 0.25) is 0 Å². The molecule has 0 aromatic heterocycles. The summed E-state index contributed by atoms with van der Waals surface area (Å²) < 4.78 is 5.77. The van der Waals surface area contributed by atoms with Crippen LogP contribution in [-0.4, -0.2) is 48.3 Å². The molecule has 0 aromatic carbocycles. The Hall–Kier alpha value is -0.120. The highest BCUT2D eigenvalue weighted by Crippen LogP contribution is 2.29. The molecule has 2 fully saturated rings. The van der Waals surface area contributed by atoms with Gasteiger partial charge in [0.05, 0.1) is 6.10 Å². The van der Waals surface area contributed by atoms with E-state index in [-0.39, 0.29) is 5.54 Å². The normalized spacial score (nSPS) is 30.6. The molecule has 3 heteroatoms. The van der Waals surface area contributed by atoms with Gasteiger partial charge in [-0.1, -0.05) is 13.8 Å². The van der Waals surface area contributed by atoms with E-state index < -0.39 is 0 Å². The highest BCUT2D eigenvalue weighted by Gasteiger charge is 2.40. The van der Waals surface area contributed by atoms with Crippen LogP contribution in [-0.2, 0) is 4.74 Å². The Kier molecular flexibility index (Phi) is 4.91. The fourth-order valence-corrected chi connectivity index (χ4v) is 3.43. The van der Waals surface area contributed by atoms with Gasteiger partial charge in [0.2, 0.25) is 0 Å². The van der Waals surface area contributed by atoms with Gasteiger partial charge in [0.1, 0.15) is 0 Å². The molecule has 19 heavy (non-hydrogen) atoms. The minimum absolute atomic E-state index is 0.270. The standard InChI is InChI=1S/C16H32N2O/c1-5-16(6-2)13-18(15(3,4)12-17-16)10-9-14-8-7-11-19-14/h14,17H,5-13H2,1-4H3. The Bertz CT molecular complexity index is 280. The van der Waals surface area contributed by atoms with Gasteiger partial charge in [-0.2, -0.15) is 0 Å². The number of hydrogen-bond donors (Lipinski definition) is 1. The van der Waals surface area contributed by atoms with Gasteiger partial charge < -0.3 is 10.1 Å². The Morgan fingerprint density at radius 2 is 2.00 bits per heavy atom. The Morgan fingerprint density at radius 1 is 1.26 bits per heavy atom. The van der Waals surface area contributed by atoms with Gasteiger partial charge >= 0.3 is 0 Å². The van der Waals surface area contributed by atoms with Gasteiger partial charge in [-0.3, -0.25) is 4.90 Å². The Morgan fingerprint density at radius 3 is 2.58 bits per heavy atom. The first-order chi connectivity index (χ1) is 9.01. The van der Waals surface area contributed by atoms with E-state index in [9.17, 15) is 0 Å². The van der Waals surface area contributed by atoms with Crippen LogP contribution < -0.4 is 5.32 Å². The third-order valence-corrected chi connectivity index (χ3v) is 5.34. The lowest BCUT2D eigenvalue weighted by atomic mass is 9.84. The molecule has 0 radical (unpaired) electrons. The zero-order valence-corrected chi connectivity index (χ0v) is 13.3. The fraction of sp³-hybridized carbons (Fsp3) is 1.00. The van der Waals surface area contributed by atoms with Crippen molar-refractivity contribution in [1.82, 2.24) is 10.2 Å². The maximum absolute atomic E-state index is 5.77. The molecule has 0 amide bonds. The molecule has 2 aliphatic rings. The average Bonchev–Trinajstić information content (AvgIpc) is 2.91. The molecular formula is C16H32N2O. The molecule has 1 N–H and O–H groups in total. The summed E-state index contributed by atoms with van der Waals surface area (Å²) in [6, 6.07) is 0. The van der Waals surface area contributed by atoms with Crippen LogP contribution in [0.15, 0.2) is 0 Å². The van der Waals surface area contributed by atoms with Gasteiger partial charge in [0, 0.05) is 37.3 Å². The van der Waals surface area contributed by atoms with Crippen LogP contribution >= 0.6 is 0 Å². The van der Waals surface area contributed by atoms with Crippen LogP contribution in [0.25, 0.3) is 0 Å². The summed E-state index contributed by atoms with van der Waals surface area (Å²) >= 11 is 0. The van der Waals surface area contributed by atoms with Crippen LogP contribution in [0.1, 0.15) is 59.8 Å². The Balaban J connectivity index is 1.93. The van der Waals surface area contributed by atoms with Crippen molar-refractivity contribution in [1.29, 1.82) is 0 Å². The highest BCUT2D eigenvalue weighted by molar-refractivity contribution is 5.00. The summed E-state index contributed by atoms with van der Waals surface area (Å²) in [5.74, 6) is 0. The van der Waals surface area contributed by atoms with Crippen LogP contribution in [0.3, 0.4) is 0 Å². The molecule has 0 spiro atoms. The zero-order valence-electron chi connectivity index (χ0n) is 13.3. The van der Waals surface area contributed by atoms with E-state index in [1.165, 1.54) is 45.2 Å². The molecule has 0 saturated carbocycles. The third-order valence-electron chi connectivity index (χ3n) is 5.34. The first kappa shape index (κ1) is 15.3. The van der Waals surface area contributed by atoms with Crippen molar-refractivity contribution >= 4 is 0 Å². The van der Waals surface area contributed by atoms with Gasteiger partial charge in [-0.05, 0) is 46.0 Å². The minimum Gasteiger partial charge on any atom is -0.378 e. The molecule has 2 rings (SSSR count). The van der Waals surface area contributed by atoms with Crippen molar-refractivity contribution < 1.29 is 4.74 Å². The van der Waals surface area contributed by atoms with Gasteiger partial charge in [0.15, 0.2) is 0 Å². The van der Waals surface area contributed by atoms with Gasteiger partial charge in [-0.25, -0.2) is 0 Å². The highest BCUT2D eigenvalue weighted by atomic mass is 16.5. The summed E-state index contributed by atoms with van der Waals surface area (Å²) in [7, 11) is 0. The first-order valence-electron chi connectivity index (χ1n) is 8.13. The van der Waals surface area contributed by atoms with E-state index in [0.717, 1.165) is 13.2 Å². The van der Waals surface area contributed by atoms with Crippen molar-refractivity contribution in [3.63, 3.8) is 0 Å². The second-order valence-electron chi connectivity index (χ2n) is 7.00. The van der Waals surface area contributed by atoms with Crippen LogP contribution in [0.5, 0.6) is 0 Å². The van der Waals surface area contributed by atoms with E-state index in [4.69, 9.17) is 4.74 Å². The molecule has 1 atom stereocenters. The molecule has 1 unspecified atom stereocenters. The molecule has 2 heterocycles. The first-order valence-corrected chi connectivity index (χ1v) is 8.13. The van der Waals surface area contributed by atoms with Crippen molar-refractivity contribution in [3.05, 3.63) is 0 Å². The lowest BCUT2D eigenvalue weighted by molar-refractivity contribution is 0.00797. The molecule has 2 saturated heterocycles. The summed E-state index contributed by atoms with van der Waals surface area (Å²) in [5.41, 5.74) is 0.596. The maximum atomic E-state index is 5.77.